The summed E-state index contributed by atoms with van der Waals surface area (Å²) < 4.78 is 12.7. The zero-order valence-electron chi connectivity index (χ0n) is 18.7. The van der Waals surface area contributed by atoms with Crippen LogP contribution in [0.1, 0.15) is 59.3 Å². The van der Waals surface area contributed by atoms with Crippen molar-refractivity contribution in [1.82, 2.24) is 0 Å². The molecule has 0 aromatic heterocycles. The second-order valence-electron chi connectivity index (χ2n) is 10.7. The summed E-state index contributed by atoms with van der Waals surface area (Å²) in [6.07, 6.45) is 8.31. The van der Waals surface area contributed by atoms with Gasteiger partial charge in [-0.05, 0) is 56.1 Å². The zero-order chi connectivity index (χ0) is 22.2. The molecule has 9 atom stereocenters. The third kappa shape index (κ3) is 2.65. The number of aliphatic hydroxyl groups is 2. The summed E-state index contributed by atoms with van der Waals surface area (Å²) in [5.74, 6) is 0.0274. The first kappa shape index (κ1) is 21.5. The summed E-state index contributed by atoms with van der Waals surface area (Å²) in [4.78, 5) is 25.2. The van der Waals surface area contributed by atoms with Crippen LogP contribution in [0.5, 0.6) is 0 Å². The molecule has 2 N–H and O–H groups in total. The van der Waals surface area contributed by atoms with E-state index in [1.54, 1.807) is 12.2 Å². The van der Waals surface area contributed by atoms with Crippen LogP contribution in [-0.4, -0.2) is 52.5 Å². The summed E-state index contributed by atoms with van der Waals surface area (Å²) in [7, 11) is 0. The highest BCUT2D eigenvalue weighted by Gasteiger charge is 2.75. The molecule has 4 aliphatic carbocycles. The molecule has 0 spiro atoms. The van der Waals surface area contributed by atoms with E-state index in [1.807, 2.05) is 6.08 Å². The smallest absolute Gasteiger partial charge is 0.193 e. The number of aliphatic hydroxyl groups excluding tert-OH is 2. The lowest BCUT2D eigenvalue weighted by Crippen LogP contribution is -2.63. The molecule has 5 rings (SSSR count). The van der Waals surface area contributed by atoms with Crippen molar-refractivity contribution in [3.63, 3.8) is 0 Å². The average molecular weight is 431 g/mol. The Balaban J connectivity index is 1.55. The van der Waals surface area contributed by atoms with Crippen molar-refractivity contribution in [3.05, 3.63) is 23.8 Å². The lowest BCUT2D eigenvalue weighted by Gasteiger charge is -2.59. The van der Waals surface area contributed by atoms with E-state index in [4.69, 9.17) is 9.47 Å². The second-order valence-corrected chi connectivity index (χ2v) is 10.7. The van der Waals surface area contributed by atoms with Crippen LogP contribution >= 0.6 is 0 Å². The predicted molar refractivity (Wildman–Crippen MR) is 113 cm³/mol. The Hall–Kier alpha value is -1.34. The molecule has 4 fully saturated rings. The zero-order valence-corrected chi connectivity index (χ0v) is 18.7. The third-order valence-corrected chi connectivity index (χ3v) is 9.37. The number of Topliss-reactive ketones (excluding diaryl/α,β-unsaturated/α-hetero) is 1. The number of ketones is 2. The van der Waals surface area contributed by atoms with Crippen molar-refractivity contribution < 1.29 is 29.3 Å². The van der Waals surface area contributed by atoms with Crippen LogP contribution in [0.2, 0.25) is 0 Å². The quantitative estimate of drug-likeness (QED) is 0.712. The maximum atomic E-state index is 13.2. The van der Waals surface area contributed by atoms with Crippen molar-refractivity contribution in [2.45, 2.75) is 83.4 Å². The number of hydrogen-bond donors (Lipinski definition) is 2. The first-order valence-electron chi connectivity index (χ1n) is 11.8. The van der Waals surface area contributed by atoms with Crippen molar-refractivity contribution in [1.29, 1.82) is 0 Å². The Bertz CT molecular complexity index is 862. The molecule has 6 heteroatoms. The molecule has 0 aromatic rings. The first-order chi connectivity index (χ1) is 14.7. The van der Waals surface area contributed by atoms with Gasteiger partial charge in [0.25, 0.3) is 0 Å². The minimum Gasteiger partial charge on any atom is -0.393 e. The number of hydrogen-bond acceptors (Lipinski definition) is 6. The van der Waals surface area contributed by atoms with E-state index < -0.39 is 36.1 Å². The summed E-state index contributed by atoms with van der Waals surface area (Å²) in [6, 6.07) is 0. The van der Waals surface area contributed by atoms with Gasteiger partial charge >= 0.3 is 0 Å². The minimum atomic E-state index is -1.20. The number of ether oxygens (including phenoxy) is 2. The molecule has 1 heterocycles. The number of rotatable bonds is 4. The molecule has 1 aliphatic heterocycles. The van der Waals surface area contributed by atoms with Gasteiger partial charge in [-0.2, -0.15) is 0 Å². The van der Waals surface area contributed by atoms with Crippen LogP contribution in [0.3, 0.4) is 0 Å². The van der Waals surface area contributed by atoms with E-state index in [0.717, 1.165) is 24.8 Å². The molecular formula is C25H34O6. The maximum Gasteiger partial charge on any atom is 0.193 e. The van der Waals surface area contributed by atoms with Gasteiger partial charge in [0.05, 0.1) is 12.2 Å². The molecule has 5 aliphatic rings. The fourth-order valence-corrected chi connectivity index (χ4v) is 8.12. The highest BCUT2D eigenvalue weighted by atomic mass is 16.7. The Labute approximate surface area is 183 Å². The summed E-state index contributed by atoms with van der Waals surface area (Å²) >= 11 is 0. The van der Waals surface area contributed by atoms with Gasteiger partial charge < -0.3 is 19.7 Å². The van der Waals surface area contributed by atoms with Gasteiger partial charge in [0.2, 0.25) is 0 Å². The van der Waals surface area contributed by atoms with E-state index in [9.17, 15) is 19.8 Å². The Kier molecular flexibility index (Phi) is 4.91. The fourth-order valence-electron chi connectivity index (χ4n) is 8.12. The highest BCUT2D eigenvalue weighted by Crippen LogP contribution is 2.69. The predicted octanol–water partition coefficient (Wildman–Crippen LogP) is 2.72. The monoisotopic (exact) mass is 430 g/mol. The molecule has 1 saturated heterocycles. The lowest BCUT2D eigenvalue weighted by molar-refractivity contribution is -0.200. The van der Waals surface area contributed by atoms with Gasteiger partial charge in [0, 0.05) is 16.7 Å². The van der Waals surface area contributed by atoms with Gasteiger partial charge in [-0.25, -0.2) is 0 Å². The molecule has 31 heavy (non-hydrogen) atoms. The molecule has 3 saturated carbocycles. The van der Waals surface area contributed by atoms with Crippen molar-refractivity contribution in [2.75, 3.05) is 6.61 Å². The van der Waals surface area contributed by atoms with Gasteiger partial charge in [0.15, 0.2) is 23.5 Å². The van der Waals surface area contributed by atoms with Crippen LogP contribution in [-0.2, 0) is 19.1 Å². The Morgan fingerprint density at radius 1 is 1.32 bits per heavy atom. The van der Waals surface area contributed by atoms with Crippen molar-refractivity contribution >= 4 is 11.6 Å². The van der Waals surface area contributed by atoms with Gasteiger partial charge in [-0.3, -0.25) is 9.59 Å². The molecule has 0 unspecified atom stereocenters. The number of carbonyl (C=O) groups is 2. The second kappa shape index (κ2) is 7.08. The Morgan fingerprint density at radius 2 is 2.10 bits per heavy atom. The van der Waals surface area contributed by atoms with E-state index in [0.29, 0.717) is 19.3 Å². The van der Waals surface area contributed by atoms with E-state index >= 15 is 0 Å². The third-order valence-electron chi connectivity index (χ3n) is 9.37. The molecule has 0 bridgehead atoms. The summed E-state index contributed by atoms with van der Waals surface area (Å²) in [5.41, 5.74) is -1.05. The van der Waals surface area contributed by atoms with Crippen LogP contribution in [0, 0.1) is 28.6 Å². The average Bonchev–Trinajstić information content (AvgIpc) is 3.20. The number of fused-ring (bicyclic) bond motifs is 7. The van der Waals surface area contributed by atoms with Crippen LogP contribution < -0.4 is 0 Å². The van der Waals surface area contributed by atoms with E-state index in [-0.39, 0.29) is 34.7 Å². The molecule has 6 nitrogen and oxygen atoms in total. The van der Waals surface area contributed by atoms with Crippen LogP contribution in [0.4, 0.5) is 0 Å². The molecule has 170 valence electrons. The minimum absolute atomic E-state index is 0.0125. The molecular weight excluding hydrogens is 396 g/mol. The van der Waals surface area contributed by atoms with Gasteiger partial charge in [-0.1, -0.05) is 38.8 Å². The maximum absolute atomic E-state index is 13.2. The summed E-state index contributed by atoms with van der Waals surface area (Å²) in [6.45, 7) is 5.67. The van der Waals surface area contributed by atoms with Crippen molar-refractivity contribution in [2.24, 2.45) is 28.6 Å². The standard InChI is InChI=1S/C25H34O6/c1-4-5-21-30-20-11-17-16-7-6-14-10-15(27)8-9-23(14,2)22(16)18(28)12-24(17,3)25(20,31-21)19(29)13-26/h8-10,16-18,20-22,26,28H,4-7,11-13H2,1-3H3/t16-,17-,18-,20+,21-,22-,23-,24-,25+/m0/s1. The van der Waals surface area contributed by atoms with Gasteiger partial charge in [0.1, 0.15) is 6.61 Å². The number of carbonyl (C=O) groups excluding carboxylic acids is 2. The molecule has 0 aromatic carbocycles. The van der Waals surface area contributed by atoms with Crippen molar-refractivity contribution in [3.8, 4) is 0 Å². The van der Waals surface area contributed by atoms with Crippen LogP contribution in [0.25, 0.3) is 0 Å². The first-order valence-corrected chi connectivity index (χ1v) is 11.8. The van der Waals surface area contributed by atoms with Gasteiger partial charge in [-0.15, -0.1) is 0 Å². The molecule has 0 amide bonds. The highest BCUT2D eigenvalue weighted by molar-refractivity contribution is 6.01. The molecule has 0 radical (unpaired) electrons. The topological polar surface area (TPSA) is 93.1 Å². The Morgan fingerprint density at radius 3 is 2.81 bits per heavy atom. The van der Waals surface area contributed by atoms with Crippen LogP contribution in [0.15, 0.2) is 23.8 Å². The number of allylic oxidation sites excluding steroid dienone is 4. The largest absolute Gasteiger partial charge is 0.393 e. The SMILES string of the molecule is CCC[C@H]1O[C@@H]2C[C@H]3[C@@H]4CCC5=CC(=O)C=C[C@]5(C)[C@@H]4[C@@H](O)C[C@]3(C)[C@]2(C(=O)CO)O1. The summed E-state index contributed by atoms with van der Waals surface area (Å²) in [5, 5.41) is 21.4. The lowest BCUT2D eigenvalue weighted by atomic mass is 9.46. The normalized spacial score (nSPS) is 50.4. The fraction of sp³-hybridized carbons (Fsp3) is 0.760. The van der Waals surface area contributed by atoms with E-state index in [2.05, 4.69) is 20.8 Å². The van der Waals surface area contributed by atoms with E-state index in [1.165, 1.54) is 0 Å².